The Labute approximate surface area is 198 Å². The molecule has 0 spiro atoms. The van der Waals surface area contributed by atoms with Gasteiger partial charge in [-0.1, -0.05) is 19.3 Å². The Kier molecular flexibility index (Phi) is 7.23. The topological polar surface area (TPSA) is 125 Å². The molecule has 1 heterocycles. The number of ether oxygens (including phenoxy) is 2. The lowest BCUT2D eigenvalue weighted by Crippen LogP contribution is -2.58. The van der Waals surface area contributed by atoms with Gasteiger partial charge >= 0.3 is 0 Å². The maximum Gasteiger partial charge on any atom is 0.247 e. The highest BCUT2D eigenvalue weighted by Crippen LogP contribution is 2.51. The maximum absolute atomic E-state index is 13.2. The van der Waals surface area contributed by atoms with Gasteiger partial charge in [0.1, 0.15) is 18.5 Å². The molecule has 4 rings (SSSR count). The molecule has 2 aliphatic carbocycles. The minimum Gasteiger partial charge on any atom is -0.493 e. The van der Waals surface area contributed by atoms with Crippen LogP contribution in [0.1, 0.15) is 60.9 Å². The number of amides is 2. The fourth-order valence-corrected chi connectivity index (χ4v) is 5.60. The third-order valence-electron chi connectivity index (χ3n) is 7.06. The number of nitrogens with zero attached hydrogens (tertiary/aromatic N) is 1. The molecule has 1 saturated carbocycles. The van der Waals surface area contributed by atoms with Crippen LogP contribution in [0.5, 0.6) is 11.5 Å². The Morgan fingerprint density at radius 2 is 2.00 bits per heavy atom. The average Bonchev–Trinajstić information content (AvgIpc) is 3.24. The highest BCUT2D eigenvalue weighted by atomic mass is 16.5. The average molecular weight is 473 g/mol. The summed E-state index contributed by atoms with van der Waals surface area (Å²) >= 11 is 0. The van der Waals surface area contributed by atoms with Gasteiger partial charge in [0, 0.05) is 36.2 Å². The van der Waals surface area contributed by atoms with Crippen molar-refractivity contribution in [2.24, 2.45) is 0 Å². The summed E-state index contributed by atoms with van der Waals surface area (Å²) in [6.45, 7) is 1.32. The van der Waals surface area contributed by atoms with Gasteiger partial charge in [-0.25, -0.2) is 0 Å². The molecule has 2 amide bonds. The van der Waals surface area contributed by atoms with E-state index in [1.54, 1.807) is 23.1 Å². The predicted molar refractivity (Wildman–Crippen MR) is 123 cm³/mol. The quantitative estimate of drug-likeness (QED) is 0.511. The number of carbonyl (C=O) groups excluding carboxylic acids is 3. The van der Waals surface area contributed by atoms with Crippen LogP contribution in [0.15, 0.2) is 23.8 Å². The molecule has 4 atom stereocenters. The lowest BCUT2D eigenvalue weighted by molar-refractivity contribution is -0.139. The zero-order chi connectivity index (χ0) is 24.4. The third-order valence-corrected chi connectivity index (χ3v) is 7.06. The monoisotopic (exact) mass is 472 g/mol. The van der Waals surface area contributed by atoms with Gasteiger partial charge in [0.2, 0.25) is 11.8 Å². The number of nitrogens with one attached hydrogen (secondary N) is 1. The SMILES string of the molecule is COc1cc(C=O)cc2c1O[C@@H]1[C@@H](O)[C@H](N(C(C)=O)C3CCCCC3)C=C(C(=O)NCCO)[C@H]21. The normalized spacial score (nSPS) is 25.9. The van der Waals surface area contributed by atoms with E-state index in [-0.39, 0.29) is 25.1 Å². The van der Waals surface area contributed by atoms with Gasteiger partial charge in [-0.2, -0.15) is 0 Å². The molecule has 1 aliphatic heterocycles. The number of fused-ring (bicyclic) bond motifs is 3. The van der Waals surface area contributed by atoms with Crippen molar-refractivity contribution in [2.75, 3.05) is 20.3 Å². The predicted octanol–water partition coefficient (Wildman–Crippen LogP) is 1.31. The molecule has 0 unspecified atom stereocenters. The van der Waals surface area contributed by atoms with Gasteiger partial charge in [-0.05, 0) is 31.1 Å². The number of carbonyl (C=O) groups is 3. The highest BCUT2D eigenvalue weighted by Gasteiger charge is 2.52. The summed E-state index contributed by atoms with van der Waals surface area (Å²) < 4.78 is 11.6. The van der Waals surface area contributed by atoms with Gasteiger partial charge in [-0.15, -0.1) is 0 Å². The van der Waals surface area contributed by atoms with Crippen LogP contribution >= 0.6 is 0 Å². The van der Waals surface area contributed by atoms with Gasteiger partial charge in [0.25, 0.3) is 0 Å². The molecule has 184 valence electrons. The molecule has 0 radical (unpaired) electrons. The van der Waals surface area contributed by atoms with Crippen molar-refractivity contribution in [2.45, 2.75) is 69.2 Å². The molecular weight excluding hydrogens is 440 g/mol. The van der Waals surface area contributed by atoms with Crippen molar-refractivity contribution in [1.29, 1.82) is 0 Å². The lowest BCUT2D eigenvalue weighted by Gasteiger charge is -2.44. The summed E-state index contributed by atoms with van der Waals surface area (Å²) in [5.74, 6) is -0.537. The van der Waals surface area contributed by atoms with Crippen LogP contribution in [0.4, 0.5) is 0 Å². The summed E-state index contributed by atoms with van der Waals surface area (Å²) in [6.07, 6.45) is 5.21. The van der Waals surface area contributed by atoms with E-state index in [0.717, 1.165) is 32.1 Å². The van der Waals surface area contributed by atoms with E-state index in [1.807, 2.05) is 0 Å². The van der Waals surface area contributed by atoms with Crippen molar-refractivity contribution in [3.8, 4) is 11.5 Å². The zero-order valence-corrected chi connectivity index (χ0v) is 19.5. The summed E-state index contributed by atoms with van der Waals surface area (Å²) in [6, 6.07) is 2.41. The number of benzene rings is 1. The Balaban J connectivity index is 1.81. The van der Waals surface area contributed by atoms with Crippen LogP contribution < -0.4 is 14.8 Å². The summed E-state index contributed by atoms with van der Waals surface area (Å²) in [7, 11) is 1.46. The molecule has 1 fully saturated rings. The Morgan fingerprint density at radius 3 is 2.62 bits per heavy atom. The maximum atomic E-state index is 13.2. The molecule has 1 aromatic rings. The molecule has 0 aromatic heterocycles. The zero-order valence-electron chi connectivity index (χ0n) is 19.5. The molecule has 0 bridgehead atoms. The molecule has 3 aliphatic rings. The molecule has 9 heteroatoms. The first-order chi connectivity index (χ1) is 16.4. The molecule has 34 heavy (non-hydrogen) atoms. The molecule has 0 saturated heterocycles. The number of hydrogen-bond acceptors (Lipinski definition) is 7. The van der Waals surface area contributed by atoms with Crippen molar-refractivity contribution in [1.82, 2.24) is 10.2 Å². The second-order valence-electron chi connectivity index (χ2n) is 9.12. The molecule has 3 N–H and O–H groups in total. The van der Waals surface area contributed by atoms with E-state index < -0.39 is 30.1 Å². The Hall–Kier alpha value is -2.91. The third kappa shape index (κ3) is 4.30. The second-order valence-corrected chi connectivity index (χ2v) is 9.12. The first kappa shape index (κ1) is 24.2. The fraction of sp³-hybridized carbons (Fsp3) is 0.560. The van der Waals surface area contributed by atoms with Crippen LogP contribution in [-0.2, 0) is 9.59 Å². The van der Waals surface area contributed by atoms with Crippen molar-refractivity contribution < 1.29 is 34.1 Å². The van der Waals surface area contributed by atoms with E-state index in [4.69, 9.17) is 9.47 Å². The van der Waals surface area contributed by atoms with Crippen LogP contribution in [0.25, 0.3) is 0 Å². The largest absolute Gasteiger partial charge is 0.493 e. The van der Waals surface area contributed by atoms with Crippen LogP contribution in [0.3, 0.4) is 0 Å². The summed E-state index contributed by atoms with van der Waals surface area (Å²) in [5.41, 5.74) is 1.26. The van der Waals surface area contributed by atoms with E-state index in [0.29, 0.717) is 34.5 Å². The molecule has 9 nitrogen and oxygen atoms in total. The number of aldehydes is 1. The Bertz CT molecular complexity index is 986. The van der Waals surface area contributed by atoms with Crippen LogP contribution in [-0.4, -0.2) is 77.8 Å². The number of aliphatic hydroxyl groups is 2. The van der Waals surface area contributed by atoms with E-state index in [1.165, 1.54) is 14.0 Å². The summed E-state index contributed by atoms with van der Waals surface area (Å²) in [4.78, 5) is 39.2. The van der Waals surface area contributed by atoms with E-state index >= 15 is 0 Å². The first-order valence-corrected chi connectivity index (χ1v) is 11.8. The number of methoxy groups -OCH3 is 1. The van der Waals surface area contributed by atoms with Crippen molar-refractivity contribution in [3.63, 3.8) is 0 Å². The number of rotatable bonds is 7. The standard InChI is InChI=1S/C25H32N2O7/c1-14(30)27(16-6-4-3-5-7-16)19-12-18(25(32)26-8-9-28)21-17-10-15(13-29)11-20(33-2)23(17)34-24(21)22(19)31/h10-13,16,19,21-22,24,28,31H,3-9H2,1-2H3,(H,26,32)/t19-,21+,22+,24+/m1/s1. The smallest absolute Gasteiger partial charge is 0.247 e. The minimum absolute atomic E-state index is 0.0274. The summed E-state index contributed by atoms with van der Waals surface area (Å²) in [5, 5.41) is 23.4. The highest BCUT2D eigenvalue weighted by molar-refractivity contribution is 5.96. The van der Waals surface area contributed by atoms with Crippen molar-refractivity contribution in [3.05, 3.63) is 34.9 Å². The van der Waals surface area contributed by atoms with Crippen LogP contribution in [0, 0.1) is 0 Å². The Morgan fingerprint density at radius 1 is 1.26 bits per heavy atom. The second kappa shape index (κ2) is 10.1. The van der Waals surface area contributed by atoms with Gasteiger partial charge < -0.3 is 29.9 Å². The van der Waals surface area contributed by atoms with Gasteiger partial charge in [0.05, 0.1) is 25.7 Å². The van der Waals surface area contributed by atoms with E-state index in [2.05, 4.69) is 5.32 Å². The minimum atomic E-state index is -1.10. The van der Waals surface area contributed by atoms with Gasteiger partial charge in [0.15, 0.2) is 11.5 Å². The van der Waals surface area contributed by atoms with Crippen molar-refractivity contribution >= 4 is 18.1 Å². The van der Waals surface area contributed by atoms with Crippen LogP contribution in [0.2, 0.25) is 0 Å². The molecule has 1 aromatic carbocycles. The first-order valence-electron chi connectivity index (χ1n) is 11.8. The number of hydrogen-bond donors (Lipinski definition) is 3. The molecular formula is C25H32N2O7. The number of aliphatic hydroxyl groups excluding tert-OH is 2. The lowest BCUT2D eigenvalue weighted by atomic mass is 9.76. The van der Waals surface area contributed by atoms with E-state index in [9.17, 15) is 24.6 Å². The fourth-order valence-electron chi connectivity index (χ4n) is 5.60. The van der Waals surface area contributed by atoms with Gasteiger partial charge in [-0.3, -0.25) is 14.4 Å².